The summed E-state index contributed by atoms with van der Waals surface area (Å²) in [6.07, 6.45) is -15.9. The minimum Gasteiger partial charge on any atom is -0.281 e. The maximum atomic E-state index is 13.4. The Morgan fingerprint density at radius 2 is 0.771 bits per heavy atom. The van der Waals surface area contributed by atoms with Crippen LogP contribution in [0.4, 0.5) is 87.8 Å². The van der Waals surface area contributed by atoms with E-state index in [2.05, 4.69) is 0 Å². The lowest BCUT2D eigenvalue weighted by Crippen LogP contribution is -2.75. The van der Waals surface area contributed by atoms with Gasteiger partial charge in [0.2, 0.25) is 0 Å². The van der Waals surface area contributed by atoms with Gasteiger partial charge >= 0.3 is 63.0 Å². The van der Waals surface area contributed by atoms with Crippen molar-refractivity contribution >= 4 is 10.1 Å². The molecule has 1 N–H and O–H groups in total. The Balaban J connectivity index is 6.96. The molecule has 0 bridgehead atoms. The second-order valence-corrected chi connectivity index (χ2v) is 7.81. The summed E-state index contributed by atoms with van der Waals surface area (Å²) >= 11 is 0. The Bertz CT molecular complexity index is 886. The molecule has 0 heterocycles. The molecule has 35 heavy (non-hydrogen) atoms. The van der Waals surface area contributed by atoms with Gasteiger partial charge in [-0.1, -0.05) is 0 Å². The van der Waals surface area contributed by atoms with Gasteiger partial charge in [0.1, 0.15) is 0 Å². The van der Waals surface area contributed by atoms with Crippen LogP contribution in [0.15, 0.2) is 0 Å². The summed E-state index contributed by atoms with van der Waals surface area (Å²) in [6, 6.07) is 0. The van der Waals surface area contributed by atoms with E-state index in [-0.39, 0.29) is 0 Å². The number of halogens is 20. The maximum Gasteiger partial charge on any atom is 0.438 e. The molecule has 0 aliphatic heterocycles. The van der Waals surface area contributed by atoms with Crippen molar-refractivity contribution in [2.75, 3.05) is 0 Å². The molecule has 0 aromatic heterocycles. The fourth-order valence-corrected chi connectivity index (χ4v) is 2.32. The molecule has 1 atom stereocenters. The molecule has 24 heteroatoms. The normalized spacial score (nSPS) is 17.5. The van der Waals surface area contributed by atoms with E-state index in [4.69, 9.17) is 4.55 Å². The molecule has 212 valence electrons. The molecular weight excluding hydrogens is 592 g/mol. The van der Waals surface area contributed by atoms with Gasteiger partial charge in [-0.3, -0.25) is 4.55 Å². The zero-order valence-corrected chi connectivity index (χ0v) is 15.8. The predicted molar refractivity (Wildman–Crippen MR) is 66.7 cm³/mol. The first-order valence-corrected chi connectivity index (χ1v) is 8.77. The van der Waals surface area contributed by atoms with E-state index in [1.54, 1.807) is 0 Å². The van der Waals surface area contributed by atoms with Gasteiger partial charge in [-0.25, -0.2) is 4.39 Å². The molecule has 0 radical (unpaired) electrons. The summed E-state index contributed by atoms with van der Waals surface area (Å²) in [6.45, 7) is 0. The van der Waals surface area contributed by atoms with Crippen molar-refractivity contribution in [1.29, 1.82) is 0 Å². The first-order chi connectivity index (χ1) is 14.6. The largest absolute Gasteiger partial charge is 0.438 e. The van der Waals surface area contributed by atoms with Crippen molar-refractivity contribution in [3.8, 4) is 0 Å². The van der Waals surface area contributed by atoms with Crippen LogP contribution >= 0.6 is 0 Å². The molecule has 0 fully saturated rings. The predicted octanol–water partition coefficient (Wildman–Crippen LogP) is 6.20. The first-order valence-electron chi connectivity index (χ1n) is 7.33. The van der Waals surface area contributed by atoms with E-state index in [0.29, 0.717) is 0 Å². The van der Waals surface area contributed by atoms with Crippen molar-refractivity contribution in [3.63, 3.8) is 0 Å². The highest BCUT2D eigenvalue weighted by Gasteiger charge is 2.96. The third kappa shape index (κ3) is 4.55. The van der Waals surface area contributed by atoms with Crippen LogP contribution in [-0.2, 0) is 10.1 Å². The second-order valence-electron chi connectivity index (χ2n) is 6.35. The highest BCUT2D eigenvalue weighted by Crippen LogP contribution is 2.64. The fourth-order valence-electron chi connectivity index (χ4n) is 1.87. The van der Waals surface area contributed by atoms with Crippen molar-refractivity contribution in [2.24, 2.45) is 0 Å². The topological polar surface area (TPSA) is 54.4 Å². The van der Waals surface area contributed by atoms with Gasteiger partial charge in [-0.05, 0) is 0 Å². The van der Waals surface area contributed by atoms with Crippen LogP contribution in [0.5, 0.6) is 0 Å². The van der Waals surface area contributed by atoms with Crippen molar-refractivity contribution in [2.45, 2.75) is 65.5 Å². The standard InChI is InChI=1S/C11H4F20O3S/c12-2(1-3(13,14)15)4(16,17)5(18,19)6(20,21)7(22,23)8(24,25)9(26,27)10(28,29)11(30,31)35(32,33)34/h2H,1H2,(H,32,33,34). The van der Waals surface area contributed by atoms with E-state index >= 15 is 0 Å². The summed E-state index contributed by atoms with van der Waals surface area (Å²) in [5, 5.41) is -7.97. The zero-order chi connectivity index (χ0) is 29.3. The molecule has 0 aromatic rings. The van der Waals surface area contributed by atoms with Crippen LogP contribution in [0.1, 0.15) is 6.42 Å². The third-order valence-electron chi connectivity index (χ3n) is 3.88. The summed E-state index contributed by atoms with van der Waals surface area (Å²) in [5.74, 6) is -61.1. The monoisotopic (exact) mass is 596 g/mol. The molecule has 0 rings (SSSR count). The molecular formula is C11H4F20O3S. The highest BCUT2D eigenvalue weighted by atomic mass is 32.2. The summed E-state index contributed by atoms with van der Waals surface area (Å²) in [5.41, 5.74) is 0. The Morgan fingerprint density at radius 1 is 0.514 bits per heavy atom. The SMILES string of the molecule is O=S(=O)(O)C(F)(F)C(F)(F)C(F)(F)C(F)(F)C(F)(F)C(F)(F)C(F)(F)C(F)(F)C(F)CC(F)(F)F. The Morgan fingerprint density at radius 3 is 1.03 bits per heavy atom. The molecule has 0 saturated carbocycles. The van der Waals surface area contributed by atoms with Crippen molar-refractivity contribution in [3.05, 3.63) is 0 Å². The highest BCUT2D eigenvalue weighted by molar-refractivity contribution is 7.87. The average Bonchev–Trinajstić information content (AvgIpc) is 2.57. The lowest BCUT2D eigenvalue weighted by atomic mass is 9.87. The van der Waals surface area contributed by atoms with Crippen molar-refractivity contribution < 1.29 is 101 Å². The van der Waals surface area contributed by atoms with Crippen LogP contribution in [0.2, 0.25) is 0 Å². The Hall–Kier alpha value is -1.49. The third-order valence-corrected chi connectivity index (χ3v) is 4.79. The minimum atomic E-state index is -9.10. The van der Waals surface area contributed by atoms with Gasteiger partial charge in [0.25, 0.3) is 0 Å². The summed E-state index contributed by atoms with van der Waals surface area (Å²) in [7, 11) is -8.02. The summed E-state index contributed by atoms with van der Waals surface area (Å²) < 4.78 is 288. The summed E-state index contributed by atoms with van der Waals surface area (Å²) in [4.78, 5) is 0. The number of alkyl halides is 20. The van der Waals surface area contributed by atoms with Crippen LogP contribution in [-0.4, -0.2) is 72.0 Å². The Kier molecular flexibility index (Phi) is 7.91. The van der Waals surface area contributed by atoms with Crippen LogP contribution in [0.25, 0.3) is 0 Å². The molecule has 3 nitrogen and oxygen atoms in total. The van der Waals surface area contributed by atoms with Gasteiger partial charge in [-0.15, -0.1) is 0 Å². The van der Waals surface area contributed by atoms with Crippen LogP contribution < -0.4 is 0 Å². The van der Waals surface area contributed by atoms with E-state index < -0.39 is 75.6 Å². The second kappa shape index (κ2) is 8.26. The zero-order valence-electron chi connectivity index (χ0n) is 15.0. The molecule has 0 saturated heterocycles. The van der Waals surface area contributed by atoms with Gasteiger partial charge in [0.05, 0.1) is 6.42 Å². The molecule has 1 unspecified atom stereocenters. The minimum absolute atomic E-state index is 3.87. The molecule has 0 amide bonds. The molecule has 0 aliphatic carbocycles. The lowest BCUT2D eigenvalue weighted by molar-refractivity contribution is -0.452. The molecule has 0 aliphatic rings. The van der Waals surface area contributed by atoms with E-state index in [1.165, 1.54) is 0 Å². The van der Waals surface area contributed by atoms with Gasteiger partial charge in [-0.2, -0.15) is 91.8 Å². The van der Waals surface area contributed by atoms with Gasteiger partial charge in [0.15, 0.2) is 6.17 Å². The quantitative estimate of drug-likeness (QED) is 0.242. The number of hydrogen-bond donors (Lipinski definition) is 1. The smallest absolute Gasteiger partial charge is 0.281 e. The number of rotatable bonds is 10. The van der Waals surface area contributed by atoms with Crippen LogP contribution in [0.3, 0.4) is 0 Å². The molecule has 0 spiro atoms. The lowest BCUT2D eigenvalue weighted by Gasteiger charge is -2.43. The first kappa shape index (κ1) is 33.5. The molecule has 0 aromatic carbocycles. The van der Waals surface area contributed by atoms with Crippen LogP contribution in [0, 0.1) is 0 Å². The number of hydrogen-bond acceptors (Lipinski definition) is 2. The van der Waals surface area contributed by atoms with E-state index in [0.717, 1.165) is 0 Å². The van der Waals surface area contributed by atoms with Crippen molar-refractivity contribution in [1.82, 2.24) is 0 Å². The van der Waals surface area contributed by atoms with Gasteiger partial charge < -0.3 is 0 Å². The fraction of sp³-hybridized carbons (Fsp3) is 1.00. The van der Waals surface area contributed by atoms with Gasteiger partial charge in [0, 0.05) is 0 Å². The average molecular weight is 596 g/mol. The van der Waals surface area contributed by atoms with E-state index in [9.17, 15) is 96.2 Å². The maximum absolute atomic E-state index is 13.4. The Labute approximate surface area is 177 Å². The van der Waals surface area contributed by atoms with E-state index in [1.807, 2.05) is 0 Å².